The van der Waals surface area contributed by atoms with Gasteiger partial charge in [-0.3, -0.25) is 14.6 Å². The van der Waals surface area contributed by atoms with Gasteiger partial charge in [-0.25, -0.2) is 4.98 Å². The van der Waals surface area contributed by atoms with Crippen LogP contribution in [0.25, 0.3) is 10.2 Å². The zero-order valence-electron chi connectivity index (χ0n) is 20.5. The molecule has 0 radical (unpaired) electrons. The first-order chi connectivity index (χ1) is 16.9. The number of anilines is 1. The fourth-order valence-corrected chi connectivity index (χ4v) is 5.14. The average Bonchev–Trinajstić information content (AvgIpc) is 3.27. The molecule has 1 aromatic heterocycles. The van der Waals surface area contributed by atoms with Crippen molar-refractivity contribution in [2.24, 2.45) is 0 Å². The van der Waals surface area contributed by atoms with Gasteiger partial charge in [-0.05, 0) is 69.7 Å². The molecule has 7 nitrogen and oxygen atoms in total. The van der Waals surface area contributed by atoms with E-state index in [1.54, 1.807) is 43.0 Å². The molecule has 2 heterocycles. The van der Waals surface area contributed by atoms with Gasteiger partial charge in [-0.1, -0.05) is 22.9 Å². The Morgan fingerprint density at radius 2 is 1.89 bits per heavy atom. The molecule has 9 heteroatoms. The zero-order chi connectivity index (χ0) is 24.8. The van der Waals surface area contributed by atoms with Crippen LogP contribution in [0, 0.1) is 0 Å². The van der Waals surface area contributed by atoms with Crippen LogP contribution in [0.2, 0.25) is 5.02 Å². The van der Waals surface area contributed by atoms with E-state index in [9.17, 15) is 4.79 Å². The molecule has 2 aromatic carbocycles. The lowest BCUT2D eigenvalue weighted by molar-refractivity contribution is -0.131. The number of halogens is 1. The summed E-state index contributed by atoms with van der Waals surface area (Å²) < 4.78 is 18.2. The van der Waals surface area contributed by atoms with Crippen LogP contribution >= 0.6 is 22.9 Å². The van der Waals surface area contributed by atoms with Crippen molar-refractivity contribution in [3.63, 3.8) is 0 Å². The van der Waals surface area contributed by atoms with Crippen LogP contribution < -0.4 is 14.4 Å². The quantitative estimate of drug-likeness (QED) is 0.365. The van der Waals surface area contributed by atoms with Gasteiger partial charge in [0.1, 0.15) is 11.5 Å². The summed E-state index contributed by atoms with van der Waals surface area (Å²) in [5.41, 5.74) is -0.253. The van der Waals surface area contributed by atoms with Gasteiger partial charge in [0.25, 0.3) is 5.91 Å². The van der Waals surface area contributed by atoms with E-state index in [2.05, 4.69) is 4.90 Å². The lowest BCUT2D eigenvalue weighted by Crippen LogP contribution is -2.50. The molecule has 0 bridgehead atoms. The molecule has 4 rings (SSSR count). The van der Waals surface area contributed by atoms with Crippen LogP contribution in [-0.2, 0) is 9.53 Å². The minimum absolute atomic E-state index is 0.140. The first-order valence-corrected chi connectivity index (χ1v) is 13.2. The number of fused-ring (bicyclic) bond motifs is 1. The maximum atomic E-state index is 13.8. The largest absolute Gasteiger partial charge is 0.494 e. The van der Waals surface area contributed by atoms with Gasteiger partial charge < -0.3 is 14.2 Å². The fraction of sp³-hybridized carbons (Fsp3) is 0.462. The molecule has 1 amide bonds. The fourth-order valence-electron chi connectivity index (χ4n) is 3.99. The highest BCUT2D eigenvalue weighted by Gasteiger charge is 2.36. The van der Waals surface area contributed by atoms with Crippen molar-refractivity contribution < 1.29 is 19.0 Å². The molecule has 188 valence electrons. The summed E-state index contributed by atoms with van der Waals surface area (Å²) in [7, 11) is 0. The lowest BCUT2D eigenvalue weighted by atomic mass is 10.1. The second-order valence-electron chi connectivity index (χ2n) is 8.89. The Labute approximate surface area is 215 Å². The normalized spacial score (nSPS) is 14.7. The number of carbonyl (C=O) groups is 1. The Balaban J connectivity index is 1.56. The van der Waals surface area contributed by atoms with E-state index in [0.29, 0.717) is 29.1 Å². The summed E-state index contributed by atoms with van der Waals surface area (Å²) in [5.74, 6) is 1.25. The van der Waals surface area contributed by atoms with E-state index in [4.69, 9.17) is 30.8 Å². The number of ether oxygens (including phenoxy) is 3. The predicted octanol–water partition coefficient (Wildman–Crippen LogP) is 5.26. The molecule has 0 unspecified atom stereocenters. The molecule has 0 saturated carbocycles. The number of thiazole rings is 1. The van der Waals surface area contributed by atoms with Crippen LogP contribution in [0.3, 0.4) is 0 Å². The summed E-state index contributed by atoms with van der Waals surface area (Å²) in [6.07, 6.45) is 0.822. The number of nitrogens with zero attached hydrogens (tertiary/aromatic N) is 3. The van der Waals surface area contributed by atoms with E-state index in [0.717, 1.165) is 55.2 Å². The van der Waals surface area contributed by atoms with Crippen LogP contribution in [0.4, 0.5) is 5.13 Å². The summed E-state index contributed by atoms with van der Waals surface area (Å²) in [5, 5.41) is 1.28. The van der Waals surface area contributed by atoms with Crippen LogP contribution in [0.15, 0.2) is 42.5 Å². The second kappa shape index (κ2) is 11.6. The molecule has 35 heavy (non-hydrogen) atoms. The molecule has 1 saturated heterocycles. The van der Waals surface area contributed by atoms with Gasteiger partial charge in [0.05, 0.1) is 30.0 Å². The van der Waals surface area contributed by atoms with E-state index in [1.807, 2.05) is 25.1 Å². The first-order valence-electron chi connectivity index (χ1n) is 12.0. The topological polar surface area (TPSA) is 64.1 Å². The molecule has 0 aliphatic carbocycles. The molecule has 0 N–H and O–H groups in total. The minimum atomic E-state index is -1.10. The number of rotatable bonds is 10. The highest BCUT2D eigenvalue weighted by molar-refractivity contribution is 7.22. The molecule has 1 fully saturated rings. The summed E-state index contributed by atoms with van der Waals surface area (Å²) in [4.78, 5) is 22.8. The van der Waals surface area contributed by atoms with Crippen molar-refractivity contribution in [3.8, 4) is 11.5 Å². The van der Waals surface area contributed by atoms with Crippen LogP contribution in [0.1, 0.15) is 27.2 Å². The third kappa shape index (κ3) is 6.64. The molecule has 1 aliphatic rings. The predicted molar refractivity (Wildman–Crippen MR) is 141 cm³/mol. The number of carbonyl (C=O) groups excluding carboxylic acids is 1. The molecule has 1 aliphatic heterocycles. The molecular formula is C26H32ClN3O4S. The Morgan fingerprint density at radius 3 is 2.60 bits per heavy atom. The first kappa shape index (κ1) is 25.7. The van der Waals surface area contributed by atoms with E-state index < -0.39 is 5.60 Å². The van der Waals surface area contributed by atoms with Gasteiger partial charge >= 0.3 is 0 Å². The maximum Gasteiger partial charge on any atom is 0.272 e. The van der Waals surface area contributed by atoms with Crippen molar-refractivity contribution in [3.05, 3.63) is 47.5 Å². The molecule has 0 atom stereocenters. The maximum absolute atomic E-state index is 13.8. The SMILES string of the molecule is CCOc1ccc2nc(N(CCCN3CCOCC3)C(=O)C(C)(C)Oc3ccc(Cl)cc3)sc2c1. The zero-order valence-corrected chi connectivity index (χ0v) is 22.0. The summed E-state index contributed by atoms with van der Waals surface area (Å²) >= 11 is 7.50. The van der Waals surface area contributed by atoms with Crippen molar-refractivity contribution in [1.29, 1.82) is 0 Å². The average molecular weight is 518 g/mol. The minimum Gasteiger partial charge on any atom is -0.494 e. The number of morpholine rings is 1. The summed E-state index contributed by atoms with van der Waals surface area (Å²) in [6, 6.07) is 12.9. The number of hydrogen-bond donors (Lipinski definition) is 0. The summed E-state index contributed by atoms with van der Waals surface area (Å²) in [6.45, 7) is 10.9. The van der Waals surface area contributed by atoms with Crippen molar-refractivity contribution in [2.75, 3.05) is 50.9 Å². The Kier molecular flexibility index (Phi) is 8.49. The standard InChI is InChI=1S/C26H32ClN3O4S/c1-4-33-21-10-11-22-23(18-21)35-25(28-22)30(13-5-12-29-14-16-32-17-15-29)24(31)26(2,3)34-20-8-6-19(27)7-9-20/h6-11,18H,4-5,12-17H2,1-3H3. The monoisotopic (exact) mass is 517 g/mol. The van der Waals surface area contributed by atoms with Gasteiger partial charge in [0, 0.05) is 31.2 Å². The van der Waals surface area contributed by atoms with Crippen LogP contribution in [-0.4, -0.2) is 67.4 Å². The third-order valence-corrected chi connectivity index (χ3v) is 7.09. The van der Waals surface area contributed by atoms with Gasteiger partial charge in [-0.2, -0.15) is 0 Å². The van der Waals surface area contributed by atoms with E-state index in [1.165, 1.54) is 11.3 Å². The van der Waals surface area contributed by atoms with Crippen molar-refractivity contribution in [1.82, 2.24) is 9.88 Å². The highest BCUT2D eigenvalue weighted by Crippen LogP contribution is 2.33. The molecular weight excluding hydrogens is 486 g/mol. The van der Waals surface area contributed by atoms with Gasteiger partial charge in [-0.15, -0.1) is 0 Å². The Morgan fingerprint density at radius 1 is 1.17 bits per heavy atom. The van der Waals surface area contributed by atoms with Gasteiger partial charge in [0.15, 0.2) is 10.7 Å². The number of aromatic nitrogens is 1. The van der Waals surface area contributed by atoms with E-state index in [-0.39, 0.29) is 5.91 Å². The highest BCUT2D eigenvalue weighted by atomic mass is 35.5. The molecule has 0 spiro atoms. The number of hydrogen-bond acceptors (Lipinski definition) is 7. The van der Waals surface area contributed by atoms with Crippen molar-refractivity contribution in [2.45, 2.75) is 32.8 Å². The lowest BCUT2D eigenvalue weighted by Gasteiger charge is -2.32. The Bertz CT molecular complexity index is 1130. The second-order valence-corrected chi connectivity index (χ2v) is 10.3. The third-order valence-electron chi connectivity index (χ3n) is 5.80. The van der Waals surface area contributed by atoms with E-state index >= 15 is 0 Å². The van der Waals surface area contributed by atoms with Crippen molar-refractivity contribution >= 4 is 44.2 Å². The van der Waals surface area contributed by atoms with Crippen LogP contribution in [0.5, 0.6) is 11.5 Å². The Hall–Kier alpha value is -2.39. The molecule has 3 aromatic rings. The smallest absolute Gasteiger partial charge is 0.272 e. The number of amides is 1. The number of benzene rings is 2. The van der Waals surface area contributed by atoms with Gasteiger partial charge in [0.2, 0.25) is 0 Å².